The maximum absolute atomic E-state index is 14.6. The lowest BCUT2D eigenvalue weighted by Crippen LogP contribution is -2.56. The second kappa shape index (κ2) is 15.8. The van der Waals surface area contributed by atoms with Crippen LogP contribution >= 0.6 is 11.6 Å². The van der Waals surface area contributed by atoms with Crippen molar-refractivity contribution >= 4 is 29.4 Å². The van der Waals surface area contributed by atoms with E-state index in [4.69, 9.17) is 16.3 Å². The molecule has 0 bridgehead atoms. The number of carbonyl (C=O) groups is 3. The summed E-state index contributed by atoms with van der Waals surface area (Å²) in [5, 5.41) is 12.1. The molecule has 4 aromatic carbocycles. The highest BCUT2D eigenvalue weighted by molar-refractivity contribution is 6.30. The lowest BCUT2D eigenvalue weighted by molar-refractivity contribution is -0.145. The molecule has 1 aliphatic carbocycles. The molecular formula is C40H37ClF4N2O5. The number of benzene rings is 4. The van der Waals surface area contributed by atoms with E-state index in [-0.39, 0.29) is 48.9 Å². The molecule has 0 aromatic heterocycles. The lowest BCUT2D eigenvalue weighted by atomic mass is 9.91. The van der Waals surface area contributed by atoms with E-state index < -0.39 is 53.1 Å². The Bertz CT molecular complexity index is 1930. The Morgan fingerprint density at radius 2 is 1.62 bits per heavy atom. The van der Waals surface area contributed by atoms with Crippen molar-refractivity contribution in [2.45, 2.75) is 76.4 Å². The summed E-state index contributed by atoms with van der Waals surface area (Å²) in [5.41, 5.74) is 2.60. The van der Waals surface area contributed by atoms with Crippen LogP contribution < -0.4 is 10.1 Å². The predicted molar refractivity (Wildman–Crippen MR) is 187 cm³/mol. The molecule has 0 spiro atoms. The zero-order chi connectivity index (χ0) is 37.0. The highest BCUT2D eigenvalue weighted by Gasteiger charge is 2.38. The molecule has 272 valence electrons. The fourth-order valence-electron chi connectivity index (χ4n) is 6.97. The molecule has 12 heteroatoms. The molecule has 1 saturated carbocycles. The first-order valence-corrected chi connectivity index (χ1v) is 17.5. The van der Waals surface area contributed by atoms with Crippen molar-refractivity contribution in [3.63, 3.8) is 0 Å². The number of carboxylic acid groups (broad SMARTS) is 1. The predicted octanol–water partition coefficient (Wildman–Crippen LogP) is 8.39. The molecule has 0 unspecified atom stereocenters. The number of carboxylic acids is 1. The normalized spacial score (nSPS) is 16.6. The molecule has 2 aliphatic rings. The molecular weight excluding hydrogens is 700 g/mol. The zero-order valence-corrected chi connectivity index (χ0v) is 28.9. The number of nitrogens with zero attached hydrogens (tertiary/aromatic N) is 1. The number of hydrogen-bond acceptors (Lipinski definition) is 4. The van der Waals surface area contributed by atoms with E-state index in [1.807, 2.05) is 54.6 Å². The Labute approximate surface area is 303 Å². The fraction of sp³-hybridized carbons (Fsp3) is 0.325. The van der Waals surface area contributed by atoms with Crippen LogP contribution in [-0.4, -0.2) is 39.9 Å². The maximum atomic E-state index is 14.6. The van der Waals surface area contributed by atoms with Gasteiger partial charge in [0, 0.05) is 31.4 Å². The summed E-state index contributed by atoms with van der Waals surface area (Å²) in [6.45, 7) is -0.506. The number of aliphatic carboxylic acids is 1. The first-order chi connectivity index (χ1) is 24.9. The summed E-state index contributed by atoms with van der Waals surface area (Å²) >= 11 is 5.73. The van der Waals surface area contributed by atoms with E-state index in [9.17, 15) is 37.1 Å². The van der Waals surface area contributed by atoms with Gasteiger partial charge in [-0.2, -0.15) is 13.2 Å². The number of halogens is 5. The molecule has 1 heterocycles. The summed E-state index contributed by atoms with van der Waals surface area (Å²) in [6, 6.07) is 21.0. The number of carbonyl (C=O) groups excluding carboxylic acids is 2. The van der Waals surface area contributed by atoms with Gasteiger partial charge in [0.05, 0.1) is 10.6 Å². The van der Waals surface area contributed by atoms with E-state index in [1.165, 1.54) is 4.90 Å². The van der Waals surface area contributed by atoms with Crippen molar-refractivity contribution in [1.82, 2.24) is 10.2 Å². The lowest BCUT2D eigenvalue weighted by Gasteiger charge is -2.37. The Morgan fingerprint density at radius 1 is 0.923 bits per heavy atom. The third-order valence-corrected chi connectivity index (χ3v) is 10.1. The quantitative estimate of drug-likeness (QED) is 0.151. The first kappa shape index (κ1) is 36.9. The van der Waals surface area contributed by atoms with Crippen molar-refractivity contribution in [3.05, 3.63) is 124 Å². The highest BCUT2D eigenvalue weighted by atomic mass is 35.5. The average Bonchev–Trinajstić information content (AvgIpc) is 3.64. The van der Waals surface area contributed by atoms with Gasteiger partial charge in [0.2, 0.25) is 11.8 Å². The van der Waals surface area contributed by atoms with Crippen molar-refractivity contribution in [2.24, 2.45) is 5.92 Å². The van der Waals surface area contributed by atoms with Crippen molar-refractivity contribution in [1.29, 1.82) is 0 Å². The second-order valence-corrected chi connectivity index (χ2v) is 13.8. The van der Waals surface area contributed by atoms with Crippen molar-refractivity contribution < 1.29 is 41.8 Å². The highest BCUT2D eigenvalue weighted by Crippen LogP contribution is 2.35. The monoisotopic (exact) mass is 736 g/mol. The summed E-state index contributed by atoms with van der Waals surface area (Å²) < 4.78 is 60.2. The Balaban J connectivity index is 1.19. The first-order valence-electron chi connectivity index (χ1n) is 17.1. The second-order valence-electron chi connectivity index (χ2n) is 13.4. The molecule has 1 fully saturated rings. The van der Waals surface area contributed by atoms with Gasteiger partial charge in [-0.1, -0.05) is 85.1 Å². The Kier molecular flexibility index (Phi) is 11.2. The van der Waals surface area contributed by atoms with Crippen LogP contribution in [0.25, 0.3) is 11.1 Å². The fourth-order valence-corrected chi connectivity index (χ4v) is 7.21. The van der Waals surface area contributed by atoms with Crippen LogP contribution in [0.3, 0.4) is 0 Å². The standard InChI is InChI=1S/C40H37ClF4N2O5/c41-33-21-31(40(43,44)45)18-30(37(33)42)23-52-32-15-14-28-20-35(47(22-29(28)19-32)36(48)17-24-6-4-5-7-24)38(49)46-34(39(50)51)16-25-10-12-27(13-11-25)26-8-2-1-3-9-26/h1-3,8-15,18-19,21,24,34-35H,4-7,16-17,20,22-23H2,(H,46,49)(H,50,51)/t34-,35-/m0/s1. The largest absolute Gasteiger partial charge is 0.489 e. The molecule has 7 nitrogen and oxygen atoms in total. The summed E-state index contributed by atoms with van der Waals surface area (Å²) in [7, 11) is 0. The minimum Gasteiger partial charge on any atom is -0.489 e. The van der Waals surface area contributed by atoms with Gasteiger partial charge in [-0.15, -0.1) is 0 Å². The van der Waals surface area contributed by atoms with Gasteiger partial charge in [0.25, 0.3) is 0 Å². The van der Waals surface area contributed by atoms with Gasteiger partial charge in [0.15, 0.2) is 0 Å². The molecule has 2 N–H and O–H groups in total. The number of rotatable bonds is 11. The minimum atomic E-state index is -4.73. The van der Waals surface area contributed by atoms with Crippen LogP contribution in [0.4, 0.5) is 17.6 Å². The topological polar surface area (TPSA) is 95.9 Å². The molecule has 1 aliphatic heterocycles. The van der Waals surface area contributed by atoms with Gasteiger partial charge < -0.3 is 20.1 Å². The number of nitrogens with one attached hydrogen (secondary N) is 1. The Hall–Kier alpha value is -4.90. The molecule has 2 amide bonds. The molecule has 52 heavy (non-hydrogen) atoms. The number of fused-ring (bicyclic) bond motifs is 1. The van der Waals surface area contributed by atoms with Crippen LogP contribution in [-0.2, 0) is 46.6 Å². The SMILES string of the molecule is O=C(O)[C@H](Cc1ccc(-c2ccccc2)cc1)NC(=O)[C@@H]1Cc2ccc(OCc3cc(C(F)(F)F)cc(Cl)c3F)cc2CN1C(=O)CC1CCCC1. The van der Waals surface area contributed by atoms with Gasteiger partial charge in [-0.25, -0.2) is 9.18 Å². The van der Waals surface area contributed by atoms with Crippen LogP contribution in [0.2, 0.25) is 5.02 Å². The van der Waals surface area contributed by atoms with E-state index in [0.29, 0.717) is 23.3 Å². The van der Waals surface area contributed by atoms with E-state index in [0.717, 1.165) is 42.4 Å². The summed E-state index contributed by atoms with van der Waals surface area (Å²) in [6.07, 6.45) is -0.474. The molecule has 4 aromatic rings. The number of ether oxygens (including phenoxy) is 1. The zero-order valence-electron chi connectivity index (χ0n) is 28.1. The molecule has 6 rings (SSSR count). The number of alkyl halides is 3. The van der Waals surface area contributed by atoms with E-state index >= 15 is 0 Å². The Morgan fingerprint density at radius 3 is 2.29 bits per heavy atom. The average molecular weight is 737 g/mol. The maximum Gasteiger partial charge on any atom is 0.416 e. The third kappa shape index (κ3) is 8.75. The summed E-state index contributed by atoms with van der Waals surface area (Å²) in [5.74, 6) is -2.63. The summed E-state index contributed by atoms with van der Waals surface area (Å²) in [4.78, 5) is 41.5. The van der Waals surface area contributed by atoms with Crippen LogP contribution in [0.1, 0.15) is 59.9 Å². The van der Waals surface area contributed by atoms with E-state index in [1.54, 1.807) is 18.2 Å². The van der Waals surface area contributed by atoms with Crippen molar-refractivity contribution in [3.8, 4) is 16.9 Å². The third-order valence-electron chi connectivity index (χ3n) is 9.81. The molecule has 2 atom stereocenters. The number of amides is 2. The van der Waals surface area contributed by atoms with Crippen LogP contribution in [0, 0.1) is 11.7 Å². The van der Waals surface area contributed by atoms with Crippen LogP contribution in [0.5, 0.6) is 5.75 Å². The van der Waals surface area contributed by atoms with Gasteiger partial charge in [-0.05, 0) is 70.8 Å². The smallest absolute Gasteiger partial charge is 0.416 e. The van der Waals surface area contributed by atoms with Crippen molar-refractivity contribution in [2.75, 3.05) is 0 Å². The molecule has 0 saturated heterocycles. The van der Waals surface area contributed by atoms with Gasteiger partial charge >= 0.3 is 12.1 Å². The number of hydrogen-bond donors (Lipinski definition) is 2. The van der Waals surface area contributed by atoms with E-state index in [2.05, 4.69) is 5.32 Å². The van der Waals surface area contributed by atoms with Gasteiger partial charge in [0.1, 0.15) is 30.3 Å². The van der Waals surface area contributed by atoms with Gasteiger partial charge in [-0.3, -0.25) is 9.59 Å². The van der Waals surface area contributed by atoms with Crippen LogP contribution in [0.15, 0.2) is 84.9 Å². The molecule has 0 radical (unpaired) electrons. The minimum absolute atomic E-state index is 0.0264.